The van der Waals surface area contributed by atoms with E-state index in [2.05, 4.69) is 18.9 Å². The monoisotopic (exact) mass is 361 g/mol. The first-order valence-electron chi connectivity index (χ1n) is 8.93. The molecule has 0 unspecified atom stereocenters. The second kappa shape index (κ2) is 8.83. The third kappa shape index (κ3) is 5.31. The zero-order valence-corrected chi connectivity index (χ0v) is 16.3. The van der Waals surface area contributed by atoms with E-state index < -0.39 is 0 Å². The molecule has 6 heteroatoms. The Bertz CT molecular complexity index is 738. The van der Waals surface area contributed by atoms with Gasteiger partial charge in [0.1, 0.15) is 18.2 Å². The molecule has 0 radical (unpaired) electrons. The number of ether oxygens (including phenoxy) is 1. The van der Waals surface area contributed by atoms with E-state index in [4.69, 9.17) is 4.74 Å². The maximum atomic E-state index is 12.9. The molecule has 2 rings (SSSR count). The van der Waals surface area contributed by atoms with Crippen LogP contribution >= 0.6 is 0 Å². The molecule has 0 saturated carbocycles. The van der Waals surface area contributed by atoms with E-state index in [1.54, 1.807) is 24.1 Å². The molecule has 2 aromatic rings. The number of amides is 1. The average molecular weight is 361 g/mol. The molecule has 0 aliphatic rings. The summed E-state index contributed by atoms with van der Waals surface area (Å²) in [5.74, 6) is 0.827. The molecule has 0 fully saturated rings. The molecule has 26 heavy (non-hydrogen) atoms. The van der Waals surface area contributed by atoms with Crippen LogP contribution in [0.15, 0.2) is 24.3 Å². The molecule has 0 N–H and O–H groups in total. The van der Waals surface area contributed by atoms with Gasteiger partial charge in [0, 0.05) is 24.8 Å². The molecule has 0 bridgehead atoms. The molecular formula is C20H28FN3O2. The Hall–Kier alpha value is -2.37. The Morgan fingerprint density at radius 1 is 1.27 bits per heavy atom. The molecular weight excluding hydrogens is 333 g/mol. The van der Waals surface area contributed by atoms with E-state index in [1.807, 2.05) is 18.5 Å². The van der Waals surface area contributed by atoms with Gasteiger partial charge in [-0.25, -0.2) is 4.39 Å². The fourth-order valence-electron chi connectivity index (χ4n) is 2.76. The summed E-state index contributed by atoms with van der Waals surface area (Å²) < 4.78 is 20.4. The minimum atomic E-state index is -0.298. The number of halogens is 1. The van der Waals surface area contributed by atoms with E-state index in [0.29, 0.717) is 31.2 Å². The Morgan fingerprint density at radius 2 is 1.92 bits per heavy atom. The molecule has 5 nitrogen and oxygen atoms in total. The Labute approximate surface area is 154 Å². The number of aryl methyl sites for hydroxylation is 1. The van der Waals surface area contributed by atoms with Crippen molar-refractivity contribution >= 4 is 5.91 Å². The molecule has 0 saturated heterocycles. The summed E-state index contributed by atoms with van der Waals surface area (Å²) >= 11 is 0. The molecule has 1 aromatic heterocycles. The minimum absolute atomic E-state index is 0.0306. The van der Waals surface area contributed by atoms with Crippen molar-refractivity contribution in [1.82, 2.24) is 14.7 Å². The third-order valence-corrected chi connectivity index (χ3v) is 4.33. The Kier molecular flexibility index (Phi) is 6.77. The van der Waals surface area contributed by atoms with Crippen LogP contribution in [0.2, 0.25) is 0 Å². The molecule has 0 atom stereocenters. The van der Waals surface area contributed by atoms with Crippen molar-refractivity contribution in [1.29, 1.82) is 0 Å². The largest absolute Gasteiger partial charge is 0.492 e. The third-order valence-electron chi connectivity index (χ3n) is 4.33. The van der Waals surface area contributed by atoms with Crippen LogP contribution in [0.1, 0.15) is 30.8 Å². The van der Waals surface area contributed by atoms with Crippen LogP contribution in [0.4, 0.5) is 4.39 Å². The summed E-state index contributed by atoms with van der Waals surface area (Å²) in [5.41, 5.74) is 2.97. The maximum Gasteiger partial charge on any atom is 0.226 e. The molecule has 142 valence electrons. The molecule has 0 spiro atoms. The average Bonchev–Trinajstić information content (AvgIpc) is 2.83. The first-order valence-corrected chi connectivity index (χ1v) is 8.93. The number of aromatic nitrogens is 2. The van der Waals surface area contributed by atoms with Crippen molar-refractivity contribution < 1.29 is 13.9 Å². The van der Waals surface area contributed by atoms with E-state index in [9.17, 15) is 9.18 Å². The minimum Gasteiger partial charge on any atom is -0.492 e. The number of nitrogens with zero attached hydrogens (tertiary/aromatic N) is 3. The maximum absolute atomic E-state index is 12.9. The van der Waals surface area contributed by atoms with Gasteiger partial charge in [-0.3, -0.25) is 9.48 Å². The van der Waals surface area contributed by atoms with Gasteiger partial charge in [0.25, 0.3) is 0 Å². The van der Waals surface area contributed by atoms with Gasteiger partial charge in [-0.1, -0.05) is 13.8 Å². The highest BCUT2D eigenvalue weighted by molar-refractivity contribution is 5.79. The van der Waals surface area contributed by atoms with Crippen LogP contribution in [-0.2, 0) is 17.8 Å². The van der Waals surface area contributed by atoms with E-state index in [-0.39, 0.29) is 11.7 Å². The molecule has 1 aromatic carbocycles. The summed E-state index contributed by atoms with van der Waals surface area (Å²) in [6, 6.07) is 5.86. The molecule has 1 heterocycles. The van der Waals surface area contributed by atoms with Crippen LogP contribution in [0, 0.1) is 25.6 Å². The van der Waals surface area contributed by atoms with Gasteiger partial charge in [0.2, 0.25) is 5.91 Å². The van der Waals surface area contributed by atoms with E-state index in [0.717, 1.165) is 23.5 Å². The van der Waals surface area contributed by atoms with Crippen LogP contribution in [-0.4, -0.2) is 40.8 Å². The van der Waals surface area contributed by atoms with Crippen LogP contribution < -0.4 is 4.74 Å². The number of hydrogen-bond acceptors (Lipinski definition) is 3. The Morgan fingerprint density at radius 3 is 2.54 bits per heavy atom. The number of carbonyl (C=O) groups is 1. The van der Waals surface area contributed by atoms with Gasteiger partial charge in [-0.05, 0) is 44.0 Å². The SMILES string of the molecule is Cc1nn(CC(C)C)c(C)c1CC(=O)N(C)CCOc1ccc(F)cc1. The second-order valence-electron chi connectivity index (χ2n) is 7.02. The lowest BCUT2D eigenvalue weighted by atomic mass is 10.1. The lowest BCUT2D eigenvalue weighted by Gasteiger charge is -2.18. The summed E-state index contributed by atoms with van der Waals surface area (Å²) in [6.07, 6.45) is 0.336. The number of hydrogen-bond donors (Lipinski definition) is 0. The van der Waals surface area contributed by atoms with Crippen molar-refractivity contribution in [3.63, 3.8) is 0 Å². The number of benzene rings is 1. The van der Waals surface area contributed by atoms with Gasteiger partial charge >= 0.3 is 0 Å². The van der Waals surface area contributed by atoms with Crippen molar-refractivity contribution in [2.75, 3.05) is 20.2 Å². The van der Waals surface area contributed by atoms with Crippen molar-refractivity contribution in [3.05, 3.63) is 47.0 Å². The highest BCUT2D eigenvalue weighted by atomic mass is 19.1. The van der Waals surface area contributed by atoms with Crippen LogP contribution in [0.3, 0.4) is 0 Å². The smallest absolute Gasteiger partial charge is 0.226 e. The first-order chi connectivity index (χ1) is 12.3. The Balaban J connectivity index is 1.88. The molecule has 0 aliphatic heterocycles. The summed E-state index contributed by atoms with van der Waals surface area (Å²) in [6.45, 7) is 9.94. The highest BCUT2D eigenvalue weighted by Gasteiger charge is 2.17. The van der Waals surface area contributed by atoms with Crippen molar-refractivity contribution in [2.45, 2.75) is 40.7 Å². The summed E-state index contributed by atoms with van der Waals surface area (Å²) in [5, 5.41) is 4.56. The van der Waals surface area contributed by atoms with Gasteiger partial charge in [0.15, 0.2) is 0 Å². The fourth-order valence-corrected chi connectivity index (χ4v) is 2.76. The fraction of sp³-hybridized carbons (Fsp3) is 0.500. The predicted molar refractivity (Wildman–Crippen MR) is 99.8 cm³/mol. The van der Waals surface area contributed by atoms with Crippen molar-refractivity contribution in [2.24, 2.45) is 5.92 Å². The van der Waals surface area contributed by atoms with E-state index in [1.165, 1.54) is 12.1 Å². The normalized spacial score (nSPS) is 11.0. The van der Waals surface area contributed by atoms with Gasteiger partial charge in [-0.15, -0.1) is 0 Å². The molecule has 1 amide bonds. The zero-order chi connectivity index (χ0) is 19.3. The van der Waals surface area contributed by atoms with Gasteiger partial charge < -0.3 is 9.64 Å². The van der Waals surface area contributed by atoms with Gasteiger partial charge in [0.05, 0.1) is 18.7 Å². The van der Waals surface area contributed by atoms with Gasteiger partial charge in [-0.2, -0.15) is 5.10 Å². The highest BCUT2D eigenvalue weighted by Crippen LogP contribution is 2.16. The zero-order valence-electron chi connectivity index (χ0n) is 16.3. The summed E-state index contributed by atoms with van der Waals surface area (Å²) in [7, 11) is 1.76. The second-order valence-corrected chi connectivity index (χ2v) is 7.02. The standard InChI is InChI=1S/C20H28FN3O2/c1-14(2)13-24-16(4)19(15(3)22-24)12-20(25)23(5)10-11-26-18-8-6-17(21)7-9-18/h6-9,14H,10-13H2,1-5H3. The summed E-state index contributed by atoms with van der Waals surface area (Å²) in [4.78, 5) is 14.2. The van der Waals surface area contributed by atoms with Crippen LogP contribution in [0.25, 0.3) is 0 Å². The first kappa shape index (κ1) is 19.9. The topological polar surface area (TPSA) is 47.4 Å². The predicted octanol–water partition coefficient (Wildman–Crippen LogP) is 3.37. The number of rotatable bonds is 8. The van der Waals surface area contributed by atoms with E-state index >= 15 is 0 Å². The quantitative estimate of drug-likeness (QED) is 0.724. The van der Waals surface area contributed by atoms with Crippen LogP contribution in [0.5, 0.6) is 5.75 Å². The molecule has 0 aliphatic carbocycles. The lowest BCUT2D eigenvalue weighted by molar-refractivity contribution is -0.129. The van der Waals surface area contributed by atoms with Crippen molar-refractivity contribution in [3.8, 4) is 5.75 Å². The number of carbonyl (C=O) groups excluding carboxylic acids is 1. The number of likely N-dealkylation sites (N-methyl/N-ethyl adjacent to an activating group) is 1. The lowest BCUT2D eigenvalue weighted by Crippen LogP contribution is -2.32.